The standard InChI is InChI=1S/C62H39NO/c1-2-17-40(18-3-1)61(52-26-10-4-19-44(52)45-20-5-11-27-53(45)61)41-33-35-42(36-34-41)63(58-31-16-25-51-50-24-9-15-32-59(50)64-60(51)58)43-37-38-49-48-23-8-14-30-56(48)62(57(49)39-43)54-28-12-6-21-46(54)47-22-7-13-29-55(47)62/h1-39H. The first-order chi connectivity index (χ1) is 31.8. The highest BCUT2D eigenvalue weighted by Crippen LogP contribution is 2.64. The predicted molar refractivity (Wildman–Crippen MR) is 262 cm³/mol. The van der Waals surface area contributed by atoms with Gasteiger partial charge in [-0.1, -0.05) is 200 Å². The molecule has 3 aliphatic rings. The maximum Gasteiger partial charge on any atom is 0.159 e. The van der Waals surface area contributed by atoms with Crippen molar-refractivity contribution < 1.29 is 4.42 Å². The Bertz CT molecular complexity index is 3580. The van der Waals surface area contributed by atoms with Crippen molar-refractivity contribution in [3.8, 4) is 33.4 Å². The molecule has 64 heavy (non-hydrogen) atoms. The minimum Gasteiger partial charge on any atom is -0.454 e. The fourth-order valence-electron chi connectivity index (χ4n) is 12.1. The van der Waals surface area contributed by atoms with E-state index in [0.717, 1.165) is 39.0 Å². The highest BCUT2D eigenvalue weighted by Gasteiger charge is 2.52. The molecule has 14 rings (SSSR count). The summed E-state index contributed by atoms with van der Waals surface area (Å²) in [6.07, 6.45) is 0. The number of rotatable bonds is 5. The zero-order valence-electron chi connectivity index (χ0n) is 34.9. The first-order valence-corrected chi connectivity index (χ1v) is 22.3. The van der Waals surface area contributed by atoms with E-state index in [2.05, 4.69) is 241 Å². The van der Waals surface area contributed by atoms with E-state index in [1.165, 1.54) is 77.9 Å². The van der Waals surface area contributed by atoms with E-state index in [-0.39, 0.29) is 0 Å². The second-order valence-electron chi connectivity index (χ2n) is 17.5. The van der Waals surface area contributed by atoms with E-state index in [4.69, 9.17) is 4.42 Å². The summed E-state index contributed by atoms with van der Waals surface area (Å²) in [5, 5.41) is 2.21. The molecule has 0 aliphatic heterocycles. The Morgan fingerprint density at radius 3 is 1.31 bits per heavy atom. The second-order valence-corrected chi connectivity index (χ2v) is 17.5. The van der Waals surface area contributed by atoms with Gasteiger partial charge in [0, 0.05) is 22.1 Å². The molecule has 11 aromatic rings. The van der Waals surface area contributed by atoms with Crippen molar-refractivity contribution in [3.63, 3.8) is 0 Å². The van der Waals surface area contributed by atoms with Crippen LogP contribution in [0.1, 0.15) is 44.5 Å². The molecular weight excluding hydrogens is 775 g/mol. The summed E-state index contributed by atoms with van der Waals surface area (Å²) in [5.74, 6) is 0. The van der Waals surface area contributed by atoms with Crippen LogP contribution in [0.5, 0.6) is 0 Å². The third-order valence-electron chi connectivity index (χ3n) is 14.6. The Balaban J connectivity index is 1.03. The van der Waals surface area contributed by atoms with E-state index in [9.17, 15) is 0 Å². The van der Waals surface area contributed by atoms with Crippen LogP contribution in [0.25, 0.3) is 55.3 Å². The summed E-state index contributed by atoms with van der Waals surface area (Å²) < 4.78 is 6.85. The van der Waals surface area contributed by atoms with Crippen LogP contribution in [-0.4, -0.2) is 0 Å². The van der Waals surface area contributed by atoms with Crippen molar-refractivity contribution in [1.29, 1.82) is 0 Å². The first kappa shape index (κ1) is 35.4. The van der Waals surface area contributed by atoms with E-state index in [0.29, 0.717) is 0 Å². The molecule has 0 saturated heterocycles. The van der Waals surface area contributed by atoms with Crippen molar-refractivity contribution in [2.45, 2.75) is 10.8 Å². The van der Waals surface area contributed by atoms with Crippen LogP contribution in [0.15, 0.2) is 241 Å². The van der Waals surface area contributed by atoms with Crippen LogP contribution in [-0.2, 0) is 10.8 Å². The van der Waals surface area contributed by atoms with Crippen LogP contribution in [0.3, 0.4) is 0 Å². The van der Waals surface area contributed by atoms with Crippen molar-refractivity contribution in [3.05, 3.63) is 281 Å². The number of nitrogens with zero attached hydrogens (tertiary/aromatic N) is 1. The van der Waals surface area contributed by atoms with Gasteiger partial charge in [0.1, 0.15) is 5.58 Å². The number of fused-ring (bicyclic) bond motifs is 16. The van der Waals surface area contributed by atoms with Crippen molar-refractivity contribution >= 4 is 39.0 Å². The molecule has 0 unspecified atom stereocenters. The van der Waals surface area contributed by atoms with Crippen LogP contribution in [0, 0.1) is 0 Å². The molecule has 0 bridgehead atoms. The monoisotopic (exact) mass is 813 g/mol. The molecule has 1 heterocycles. The van der Waals surface area contributed by atoms with Crippen LogP contribution in [0.2, 0.25) is 0 Å². The van der Waals surface area contributed by atoms with E-state index in [1.54, 1.807) is 0 Å². The molecule has 0 radical (unpaired) electrons. The van der Waals surface area contributed by atoms with Gasteiger partial charge in [0.15, 0.2) is 5.58 Å². The first-order valence-electron chi connectivity index (χ1n) is 22.3. The molecule has 10 aromatic carbocycles. The van der Waals surface area contributed by atoms with E-state index >= 15 is 0 Å². The van der Waals surface area contributed by atoms with Gasteiger partial charge in [-0.2, -0.15) is 0 Å². The van der Waals surface area contributed by atoms with Gasteiger partial charge in [-0.3, -0.25) is 0 Å². The van der Waals surface area contributed by atoms with Crippen molar-refractivity contribution in [1.82, 2.24) is 0 Å². The Labute approximate surface area is 372 Å². The van der Waals surface area contributed by atoms with Gasteiger partial charge in [0.2, 0.25) is 0 Å². The zero-order chi connectivity index (χ0) is 42.0. The average molecular weight is 814 g/mol. The topological polar surface area (TPSA) is 16.4 Å². The average Bonchev–Trinajstić information content (AvgIpc) is 4.08. The normalized spacial score (nSPS) is 14.2. The number of anilines is 3. The van der Waals surface area contributed by atoms with Crippen molar-refractivity contribution in [2.24, 2.45) is 0 Å². The van der Waals surface area contributed by atoms with E-state index in [1.807, 2.05) is 0 Å². The Hall–Kier alpha value is -8.20. The number of furan rings is 1. The van der Waals surface area contributed by atoms with Gasteiger partial charge in [0.05, 0.1) is 16.5 Å². The lowest BCUT2D eigenvalue weighted by atomic mass is 9.67. The second kappa shape index (κ2) is 13.2. The molecule has 0 saturated carbocycles. The smallest absolute Gasteiger partial charge is 0.159 e. The minimum absolute atomic E-state index is 0.471. The number of benzene rings is 10. The highest BCUT2D eigenvalue weighted by molar-refractivity contribution is 6.10. The highest BCUT2D eigenvalue weighted by atomic mass is 16.3. The lowest BCUT2D eigenvalue weighted by molar-refractivity contribution is 0.669. The van der Waals surface area contributed by atoms with Gasteiger partial charge < -0.3 is 9.32 Å². The van der Waals surface area contributed by atoms with Gasteiger partial charge in [-0.15, -0.1) is 0 Å². The quantitative estimate of drug-likeness (QED) is 0.172. The van der Waals surface area contributed by atoms with Gasteiger partial charge in [0.25, 0.3) is 0 Å². The summed E-state index contributed by atoms with van der Waals surface area (Å²) >= 11 is 0. The molecule has 298 valence electrons. The lowest BCUT2D eigenvalue weighted by Gasteiger charge is -2.34. The molecule has 0 fully saturated rings. The summed E-state index contributed by atoms with van der Waals surface area (Å²) in [5.41, 5.74) is 22.0. The molecule has 2 heteroatoms. The van der Waals surface area contributed by atoms with Gasteiger partial charge >= 0.3 is 0 Å². The molecule has 0 N–H and O–H groups in total. The Morgan fingerprint density at radius 1 is 0.297 bits per heavy atom. The van der Waals surface area contributed by atoms with Crippen LogP contribution < -0.4 is 4.90 Å². The third kappa shape index (κ3) is 4.49. The fraction of sp³-hybridized carbons (Fsp3) is 0.0323. The lowest BCUT2D eigenvalue weighted by Crippen LogP contribution is -2.28. The summed E-state index contributed by atoms with van der Waals surface area (Å²) in [6.45, 7) is 0. The largest absolute Gasteiger partial charge is 0.454 e. The maximum atomic E-state index is 6.85. The van der Waals surface area contributed by atoms with E-state index < -0.39 is 10.8 Å². The fourth-order valence-corrected chi connectivity index (χ4v) is 12.1. The van der Waals surface area contributed by atoms with Crippen LogP contribution in [0.4, 0.5) is 17.1 Å². The van der Waals surface area contributed by atoms with Crippen molar-refractivity contribution in [2.75, 3.05) is 4.90 Å². The molecule has 2 nitrogen and oxygen atoms in total. The molecule has 0 atom stereocenters. The Kier molecular flexibility index (Phi) is 7.28. The molecule has 0 amide bonds. The maximum absolute atomic E-state index is 6.85. The summed E-state index contributed by atoms with van der Waals surface area (Å²) in [6, 6.07) is 87.5. The third-order valence-corrected chi connectivity index (χ3v) is 14.6. The summed E-state index contributed by atoms with van der Waals surface area (Å²) in [7, 11) is 0. The number of hydrogen-bond acceptors (Lipinski definition) is 2. The number of para-hydroxylation sites is 2. The summed E-state index contributed by atoms with van der Waals surface area (Å²) in [4.78, 5) is 2.42. The molecule has 3 aliphatic carbocycles. The SMILES string of the molecule is c1ccc(C2(c3ccc(N(c4ccc5c(c4)C4(c6ccccc6-c6ccccc64)c4ccccc4-5)c4cccc5c4oc4ccccc45)cc3)c3ccccc3-c3ccccc32)cc1. The minimum atomic E-state index is -0.495. The zero-order valence-corrected chi connectivity index (χ0v) is 34.9. The molecule has 1 spiro atoms. The molecule has 1 aromatic heterocycles. The van der Waals surface area contributed by atoms with Gasteiger partial charge in [-0.25, -0.2) is 0 Å². The molecular formula is C62H39NO. The van der Waals surface area contributed by atoms with Gasteiger partial charge in [-0.05, 0) is 114 Å². The predicted octanol–water partition coefficient (Wildman–Crippen LogP) is 15.8. The number of hydrogen-bond donors (Lipinski definition) is 0. The van der Waals surface area contributed by atoms with Crippen LogP contribution >= 0.6 is 0 Å². The Morgan fingerprint density at radius 2 is 0.734 bits per heavy atom.